The number of fused-ring (bicyclic) bond motifs is 1. The van der Waals surface area contributed by atoms with Crippen molar-refractivity contribution in [1.29, 1.82) is 0 Å². The van der Waals surface area contributed by atoms with Gasteiger partial charge in [0.1, 0.15) is 17.3 Å². The van der Waals surface area contributed by atoms with E-state index in [1.165, 1.54) is 6.07 Å². The van der Waals surface area contributed by atoms with Crippen molar-refractivity contribution < 1.29 is 23.8 Å². The van der Waals surface area contributed by atoms with Gasteiger partial charge in [-0.2, -0.15) is 0 Å². The van der Waals surface area contributed by atoms with Crippen LogP contribution in [0.5, 0.6) is 11.5 Å². The van der Waals surface area contributed by atoms with Gasteiger partial charge in [-0.1, -0.05) is 17.7 Å². The largest absolute Gasteiger partial charge is 0.497 e. The Morgan fingerprint density at radius 1 is 1.24 bits per heavy atom. The number of benzene rings is 2. The zero-order valence-corrected chi connectivity index (χ0v) is 16.4. The van der Waals surface area contributed by atoms with E-state index in [9.17, 15) is 9.59 Å². The first kappa shape index (κ1) is 19.3. The molecule has 0 radical (unpaired) electrons. The molecule has 0 aliphatic heterocycles. The Balaban J connectivity index is 1.67. The van der Waals surface area contributed by atoms with Crippen LogP contribution < -0.4 is 14.9 Å². The Hall–Kier alpha value is -2.99. The molecule has 1 aliphatic rings. The second kappa shape index (κ2) is 7.79. The van der Waals surface area contributed by atoms with Gasteiger partial charge in [0.25, 0.3) is 0 Å². The summed E-state index contributed by atoms with van der Waals surface area (Å²) in [6.45, 7) is 0.391. The molecule has 1 fully saturated rings. The minimum absolute atomic E-state index is 0.184. The lowest BCUT2D eigenvalue weighted by Gasteiger charge is -2.32. The molecule has 0 atom stereocenters. The van der Waals surface area contributed by atoms with Crippen LogP contribution in [0.2, 0.25) is 5.02 Å². The SMILES string of the molecule is COc1ccc(OC[C@H]2C[C@@H](C(=O)O)C2)c(-c2cc(=O)c3cccc(Cl)c3o2)c1. The van der Waals surface area contributed by atoms with Gasteiger partial charge in [-0.05, 0) is 49.1 Å². The van der Waals surface area contributed by atoms with Crippen molar-refractivity contribution >= 4 is 28.5 Å². The third-order valence-corrected chi connectivity index (χ3v) is 5.52. The highest BCUT2D eigenvalue weighted by Gasteiger charge is 2.34. The molecule has 0 spiro atoms. The first-order valence-corrected chi connectivity index (χ1v) is 9.60. The number of hydrogen-bond acceptors (Lipinski definition) is 5. The molecule has 4 rings (SSSR count). The smallest absolute Gasteiger partial charge is 0.306 e. The molecule has 1 aliphatic carbocycles. The molecule has 3 aromatic rings. The van der Waals surface area contributed by atoms with Gasteiger partial charge in [-0.25, -0.2) is 0 Å². The second-order valence-electron chi connectivity index (χ2n) is 7.14. The third kappa shape index (κ3) is 3.80. The highest BCUT2D eigenvalue weighted by molar-refractivity contribution is 6.34. The summed E-state index contributed by atoms with van der Waals surface area (Å²) in [5.41, 5.74) is 0.673. The molecular formula is C22H19ClO6. The average Bonchev–Trinajstić information content (AvgIpc) is 2.67. The van der Waals surface area contributed by atoms with E-state index in [1.807, 2.05) is 0 Å². The first-order valence-electron chi connectivity index (χ1n) is 9.22. The maximum Gasteiger partial charge on any atom is 0.306 e. The van der Waals surface area contributed by atoms with Gasteiger partial charge >= 0.3 is 5.97 Å². The van der Waals surface area contributed by atoms with Crippen LogP contribution >= 0.6 is 11.6 Å². The number of aliphatic carboxylic acids is 1. The van der Waals surface area contributed by atoms with Gasteiger partial charge in [-0.3, -0.25) is 9.59 Å². The lowest BCUT2D eigenvalue weighted by atomic mass is 9.75. The van der Waals surface area contributed by atoms with E-state index in [0.29, 0.717) is 58.3 Å². The maximum absolute atomic E-state index is 12.6. The lowest BCUT2D eigenvalue weighted by Crippen LogP contribution is -2.33. The van der Waals surface area contributed by atoms with Gasteiger partial charge in [0.2, 0.25) is 0 Å². The molecule has 6 nitrogen and oxygen atoms in total. The van der Waals surface area contributed by atoms with Crippen molar-refractivity contribution in [3.8, 4) is 22.8 Å². The minimum atomic E-state index is -0.763. The standard InChI is InChI=1S/C22H19ClO6/c1-27-14-5-6-19(28-11-12-7-13(8-12)22(25)26)16(9-14)20-10-18(24)15-3-2-4-17(23)21(15)29-20/h2-6,9-10,12-13H,7-8,11H2,1H3,(H,25,26)/t12-,13+. The minimum Gasteiger partial charge on any atom is -0.497 e. The van der Waals surface area contributed by atoms with Crippen molar-refractivity contribution in [1.82, 2.24) is 0 Å². The van der Waals surface area contributed by atoms with Gasteiger partial charge in [0.05, 0.1) is 35.6 Å². The molecule has 0 amide bonds. The van der Waals surface area contributed by atoms with E-state index in [4.69, 9.17) is 30.6 Å². The predicted octanol–water partition coefficient (Wildman–Crippen LogP) is 4.61. The van der Waals surface area contributed by atoms with Crippen LogP contribution in [-0.2, 0) is 4.79 Å². The van der Waals surface area contributed by atoms with Crippen molar-refractivity contribution in [3.63, 3.8) is 0 Å². The highest BCUT2D eigenvalue weighted by atomic mass is 35.5. The molecule has 7 heteroatoms. The molecule has 29 heavy (non-hydrogen) atoms. The highest BCUT2D eigenvalue weighted by Crippen LogP contribution is 2.38. The van der Waals surface area contributed by atoms with Crippen LogP contribution in [0.3, 0.4) is 0 Å². The van der Waals surface area contributed by atoms with Crippen molar-refractivity contribution in [2.24, 2.45) is 11.8 Å². The molecule has 0 unspecified atom stereocenters. The molecule has 1 saturated carbocycles. The van der Waals surface area contributed by atoms with Gasteiger partial charge < -0.3 is 19.0 Å². The molecule has 1 aromatic heterocycles. The van der Waals surface area contributed by atoms with E-state index < -0.39 is 5.97 Å². The number of para-hydroxylation sites is 1. The van der Waals surface area contributed by atoms with Gasteiger partial charge in [0, 0.05) is 6.07 Å². The maximum atomic E-state index is 12.6. The summed E-state index contributed by atoms with van der Waals surface area (Å²) in [7, 11) is 1.55. The molecular weight excluding hydrogens is 396 g/mol. The normalized spacial score (nSPS) is 18.3. The van der Waals surface area contributed by atoms with E-state index in [-0.39, 0.29) is 17.3 Å². The number of carboxylic acids is 1. The number of halogens is 1. The molecule has 0 bridgehead atoms. The molecule has 1 heterocycles. The Kier molecular flexibility index (Phi) is 5.20. The molecule has 0 saturated heterocycles. The summed E-state index contributed by atoms with van der Waals surface area (Å²) >= 11 is 6.22. The van der Waals surface area contributed by atoms with Gasteiger partial charge in [0.15, 0.2) is 11.0 Å². The average molecular weight is 415 g/mol. The summed E-state index contributed by atoms with van der Waals surface area (Å²) < 4.78 is 17.2. The van der Waals surface area contributed by atoms with E-state index in [0.717, 1.165) is 0 Å². The van der Waals surface area contributed by atoms with Crippen LogP contribution in [-0.4, -0.2) is 24.8 Å². The second-order valence-corrected chi connectivity index (χ2v) is 7.54. The zero-order valence-electron chi connectivity index (χ0n) is 15.7. The first-order chi connectivity index (χ1) is 14.0. The third-order valence-electron chi connectivity index (χ3n) is 5.22. The topological polar surface area (TPSA) is 86.0 Å². The summed E-state index contributed by atoms with van der Waals surface area (Å²) in [5, 5.41) is 9.77. The number of carboxylic acid groups (broad SMARTS) is 1. The lowest BCUT2D eigenvalue weighted by molar-refractivity contribution is -0.146. The Morgan fingerprint density at radius 3 is 2.76 bits per heavy atom. The molecule has 150 valence electrons. The fourth-order valence-electron chi connectivity index (χ4n) is 3.51. The number of hydrogen-bond donors (Lipinski definition) is 1. The number of carbonyl (C=O) groups is 1. The molecule has 1 N–H and O–H groups in total. The summed E-state index contributed by atoms with van der Waals surface area (Å²) in [6.07, 6.45) is 1.20. The number of rotatable bonds is 6. The fraction of sp³-hybridized carbons (Fsp3) is 0.273. The van der Waals surface area contributed by atoms with Crippen LogP contribution in [0, 0.1) is 11.8 Å². The van der Waals surface area contributed by atoms with Crippen LogP contribution in [0.4, 0.5) is 0 Å². The monoisotopic (exact) mass is 414 g/mol. The van der Waals surface area contributed by atoms with Crippen molar-refractivity contribution in [2.45, 2.75) is 12.8 Å². The number of methoxy groups -OCH3 is 1. The summed E-state index contributed by atoms with van der Waals surface area (Å²) in [6, 6.07) is 11.7. The van der Waals surface area contributed by atoms with Crippen LogP contribution in [0.1, 0.15) is 12.8 Å². The Morgan fingerprint density at radius 2 is 2.03 bits per heavy atom. The number of ether oxygens (including phenoxy) is 2. The summed E-state index contributed by atoms with van der Waals surface area (Å²) in [5.74, 6) is 0.564. The Labute approximate surface area is 171 Å². The van der Waals surface area contributed by atoms with Crippen LogP contribution in [0.15, 0.2) is 51.7 Å². The van der Waals surface area contributed by atoms with Gasteiger partial charge in [-0.15, -0.1) is 0 Å². The predicted molar refractivity (Wildman–Crippen MR) is 109 cm³/mol. The van der Waals surface area contributed by atoms with E-state index in [1.54, 1.807) is 43.5 Å². The van der Waals surface area contributed by atoms with Crippen molar-refractivity contribution in [2.75, 3.05) is 13.7 Å². The Bertz CT molecular complexity index is 1130. The fourth-order valence-corrected chi connectivity index (χ4v) is 3.72. The van der Waals surface area contributed by atoms with Crippen LogP contribution in [0.25, 0.3) is 22.3 Å². The van der Waals surface area contributed by atoms with E-state index >= 15 is 0 Å². The summed E-state index contributed by atoms with van der Waals surface area (Å²) in [4.78, 5) is 23.5. The molecule has 2 aromatic carbocycles. The quantitative estimate of drug-likeness (QED) is 0.633. The van der Waals surface area contributed by atoms with Crippen molar-refractivity contribution in [3.05, 3.63) is 57.7 Å². The zero-order chi connectivity index (χ0) is 20.5. The van der Waals surface area contributed by atoms with E-state index in [2.05, 4.69) is 0 Å².